The molecule has 0 aliphatic carbocycles. The summed E-state index contributed by atoms with van der Waals surface area (Å²) in [7, 11) is -3.58. The van der Waals surface area contributed by atoms with Crippen LogP contribution in [0.2, 0.25) is 0 Å². The number of thiocarbonyl (C=S) groups is 1. The Labute approximate surface area is 112 Å². The second-order valence-corrected chi connectivity index (χ2v) is 6.16. The van der Waals surface area contributed by atoms with Gasteiger partial charge in [0.15, 0.2) is 0 Å². The van der Waals surface area contributed by atoms with Gasteiger partial charge in [-0.2, -0.15) is 0 Å². The van der Waals surface area contributed by atoms with Crippen molar-refractivity contribution >= 4 is 27.2 Å². The zero-order valence-electron chi connectivity index (χ0n) is 10.3. The van der Waals surface area contributed by atoms with E-state index in [2.05, 4.69) is 9.71 Å². The van der Waals surface area contributed by atoms with Gasteiger partial charge in [0.25, 0.3) is 0 Å². The van der Waals surface area contributed by atoms with Crippen molar-refractivity contribution in [1.29, 1.82) is 0 Å². The number of nitrogens with zero attached hydrogens (tertiary/aromatic N) is 1. The van der Waals surface area contributed by atoms with Gasteiger partial charge in [-0.15, -0.1) is 0 Å². The molecule has 6 nitrogen and oxygen atoms in total. The number of nitrogens with one attached hydrogen (secondary N) is 1. The Balaban J connectivity index is 2.69. The summed E-state index contributed by atoms with van der Waals surface area (Å²) in [5.74, 6) is 1.04. The molecule has 1 unspecified atom stereocenters. The molecule has 0 saturated heterocycles. The molecule has 1 aromatic rings. The van der Waals surface area contributed by atoms with Crippen molar-refractivity contribution in [3.63, 3.8) is 0 Å². The molecule has 0 aliphatic rings. The van der Waals surface area contributed by atoms with E-state index in [1.807, 2.05) is 6.92 Å². The molecule has 0 spiro atoms. The average molecular weight is 291 g/mol. The molecule has 0 saturated carbocycles. The molecule has 1 rings (SSSR count). The highest BCUT2D eigenvalue weighted by molar-refractivity contribution is 7.93. The van der Waals surface area contributed by atoms with E-state index in [-0.39, 0.29) is 11.5 Å². The molecule has 3 N–H and O–H groups in total. The third-order valence-corrected chi connectivity index (χ3v) is 4.75. The zero-order chi connectivity index (χ0) is 13.8. The second kappa shape index (κ2) is 6.26. The number of rotatable bonds is 7. The Bertz CT molecular complexity index is 510. The van der Waals surface area contributed by atoms with Crippen LogP contribution in [0.5, 0.6) is 0 Å². The molecule has 0 amide bonds. The lowest BCUT2D eigenvalue weighted by Crippen LogP contribution is -2.41. The Hall–Kier alpha value is -0.990. The fourth-order valence-corrected chi connectivity index (χ4v) is 3.25. The van der Waals surface area contributed by atoms with Gasteiger partial charge < -0.3 is 10.2 Å². The van der Waals surface area contributed by atoms with Crippen LogP contribution < -0.4 is 10.5 Å². The Morgan fingerprint density at radius 1 is 1.61 bits per heavy atom. The number of nitrogens with two attached hydrogens (primary N) is 1. The lowest BCUT2D eigenvalue weighted by Gasteiger charge is -2.14. The first kappa shape index (κ1) is 15.1. The predicted molar refractivity (Wildman–Crippen MR) is 72.5 cm³/mol. The molecule has 1 atom stereocenters. The number of hydrogen-bond donors (Lipinski definition) is 2. The minimum atomic E-state index is -3.58. The third kappa shape index (κ3) is 3.76. The highest BCUT2D eigenvalue weighted by Gasteiger charge is 2.26. The van der Waals surface area contributed by atoms with Gasteiger partial charge >= 0.3 is 0 Å². The number of oxazole rings is 1. The summed E-state index contributed by atoms with van der Waals surface area (Å²) in [4.78, 5) is 3.93. The van der Waals surface area contributed by atoms with Crippen molar-refractivity contribution in [2.45, 2.75) is 38.5 Å². The van der Waals surface area contributed by atoms with Gasteiger partial charge in [-0.1, -0.05) is 26.1 Å². The Kier molecular flexibility index (Phi) is 5.24. The van der Waals surface area contributed by atoms with Crippen LogP contribution in [-0.4, -0.2) is 23.6 Å². The summed E-state index contributed by atoms with van der Waals surface area (Å²) < 4.78 is 31.5. The summed E-state index contributed by atoms with van der Waals surface area (Å²) in [6, 6.07) is 0. The molecule has 0 radical (unpaired) electrons. The maximum atomic E-state index is 11.9. The standard InChI is InChI=1S/C10H17N3O3S2/c1-3-7-5-12-9(16-7)6-13-18(14,15)8(4-2)10(11)17/h5,8,13H,3-4,6H2,1-2H3,(H2,11,17). The SMILES string of the molecule is CCc1cnc(CNS(=O)(=O)C(CC)C(N)=S)o1. The lowest BCUT2D eigenvalue weighted by molar-refractivity contribution is 0.451. The van der Waals surface area contributed by atoms with E-state index in [9.17, 15) is 8.42 Å². The Morgan fingerprint density at radius 2 is 2.28 bits per heavy atom. The second-order valence-electron chi connectivity index (χ2n) is 3.74. The van der Waals surface area contributed by atoms with Crippen LogP contribution in [0.15, 0.2) is 10.6 Å². The summed E-state index contributed by atoms with van der Waals surface area (Å²) >= 11 is 4.74. The van der Waals surface area contributed by atoms with Gasteiger partial charge in [0.2, 0.25) is 15.9 Å². The molecular weight excluding hydrogens is 274 g/mol. The Morgan fingerprint density at radius 3 is 2.72 bits per heavy atom. The van der Waals surface area contributed by atoms with Crippen LogP contribution >= 0.6 is 12.2 Å². The molecule has 0 aliphatic heterocycles. The minimum Gasteiger partial charge on any atom is -0.444 e. The van der Waals surface area contributed by atoms with Gasteiger partial charge in [-0.25, -0.2) is 18.1 Å². The van der Waals surface area contributed by atoms with Crippen LogP contribution in [0.3, 0.4) is 0 Å². The summed E-state index contributed by atoms with van der Waals surface area (Å²) in [5.41, 5.74) is 5.40. The van der Waals surface area contributed by atoms with Crippen molar-refractivity contribution in [2.75, 3.05) is 0 Å². The molecule has 102 valence electrons. The van der Waals surface area contributed by atoms with Crippen molar-refractivity contribution in [3.05, 3.63) is 17.8 Å². The molecule has 1 heterocycles. The number of aryl methyl sites for hydroxylation is 1. The van der Waals surface area contributed by atoms with Crippen LogP contribution in [0.4, 0.5) is 0 Å². The molecule has 0 bridgehead atoms. The normalized spacial score (nSPS) is 13.4. The third-order valence-electron chi connectivity index (χ3n) is 2.44. The number of hydrogen-bond acceptors (Lipinski definition) is 5. The summed E-state index contributed by atoms with van der Waals surface area (Å²) in [6.45, 7) is 3.64. The first-order chi connectivity index (χ1) is 8.40. The van der Waals surface area contributed by atoms with Crippen molar-refractivity contribution in [1.82, 2.24) is 9.71 Å². The summed E-state index contributed by atoms with van der Waals surface area (Å²) in [5, 5.41) is -0.867. The number of aromatic nitrogens is 1. The molecular formula is C10H17N3O3S2. The van der Waals surface area contributed by atoms with E-state index in [0.29, 0.717) is 24.5 Å². The van der Waals surface area contributed by atoms with Crippen LogP contribution in [0.25, 0.3) is 0 Å². The van der Waals surface area contributed by atoms with Gasteiger partial charge in [0.05, 0.1) is 17.7 Å². The molecule has 1 aromatic heterocycles. The van der Waals surface area contributed by atoms with Crippen molar-refractivity contribution in [3.8, 4) is 0 Å². The van der Waals surface area contributed by atoms with Crippen molar-refractivity contribution in [2.24, 2.45) is 5.73 Å². The van der Waals surface area contributed by atoms with Crippen LogP contribution in [-0.2, 0) is 23.0 Å². The monoisotopic (exact) mass is 291 g/mol. The molecule has 0 fully saturated rings. The molecule has 0 aromatic carbocycles. The van der Waals surface area contributed by atoms with Gasteiger partial charge in [-0.05, 0) is 6.42 Å². The van der Waals surface area contributed by atoms with Crippen molar-refractivity contribution < 1.29 is 12.8 Å². The van der Waals surface area contributed by atoms with Gasteiger partial charge in [0.1, 0.15) is 11.0 Å². The largest absolute Gasteiger partial charge is 0.444 e. The van der Waals surface area contributed by atoms with E-state index in [1.54, 1.807) is 13.1 Å². The average Bonchev–Trinajstić information content (AvgIpc) is 2.74. The predicted octanol–water partition coefficient (Wildman–Crippen LogP) is 0.721. The van der Waals surface area contributed by atoms with E-state index in [4.69, 9.17) is 22.4 Å². The van der Waals surface area contributed by atoms with E-state index in [0.717, 1.165) is 0 Å². The quantitative estimate of drug-likeness (QED) is 0.718. The van der Waals surface area contributed by atoms with E-state index < -0.39 is 15.3 Å². The highest BCUT2D eigenvalue weighted by atomic mass is 32.2. The van der Waals surface area contributed by atoms with E-state index in [1.165, 1.54) is 0 Å². The summed E-state index contributed by atoms with van der Waals surface area (Å²) in [6.07, 6.45) is 2.62. The van der Waals surface area contributed by atoms with Crippen LogP contribution in [0, 0.1) is 0 Å². The molecule has 8 heteroatoms. The first-order valence-electron chi connectivity index (χ1n) is 5.62. The smallest absolute Gasteiger partial charge is 0.221 e. The van der Waals surface area contributed by atoms with Crippen LogP contribution in [0.1, 0.15) is 31.9 Å². The fourth-order valence-electron chi connectivity index (χ4n) is 1.43. The minimum absolute atomic E-state index is 0.00144. The van der Waals surface area contributed by atoms with E-state index >= 15 is 0 Å². The lowest BCUT2D eigenvalue weighted by atomic mass is 10.3. The topological polar surface area (TPSA) is 98.2 Å². The first-order valence-corrected chi connectivity index (χ1v) is 7.57. The molecule has 18 heavy (non-hydrogen) atoms. The maximum Gasteiger partial charge on any atom is 0.221 e. The number of sulfonamides is 1. The zero-order valence-corrected chi connectivity index (χ0v) is 12.0. The maximum absolute atomic E-state index is 11.9. The highest BCUT2D eigenvalue weighted by Crippen LogP contribution is 2.08. The fraction of sp³-hybridized carbons (Fsp3) is 0.600. The van der Waals surface area contributed by atoms with Gasteiger partial charge in [0, 0.05) is 6.42 Å². The van der Waals surface area contributed by atoms with Gasteiger partial charge in [-0.3, -0.25) is 0 Å².